The maximum Gasteiger partial charge on any atom is 0.210 e. The highest BCUT2D eigenvalue weighted by atomic mass is 16.7. The molecule has 0 saturated heterocycles. The fourth-order valence-electron chi connectivity index (χ4n) is 0.790. The molecule has 1 radical (unpaired) electrons. The van der Waals surface area contributed by atoms with Crippen molar-refractivity contribution in [3.8, 4) is 0 Å². The van der Waals surface area contributed by atoms with E-state index in [1.165, 1.54) is 6.20 Å². The van der Waals surface area contributed by atoms with Gasteiger partial charge in [-0.15, -0.1) is 0 Å². The van der Waals surface area contributed by atoms with E-state index in [-0.39, 0.29) is 0 Å². The van der Waals surface area contributed by atoms with Crippen molar-refractivity contribution in [3.63, 3.8) is 0 Å². The van der Waals surface area contributed by atoms with Crippen LogP contribution < -0.4 is 0 Å². The second-order valence-corrected chi connectivity index (χ2v) is 2.38. The molecule has 4 heteroatoms. The Balaban J connectivity index is 2.95. The third kappa shape index (κ3) is 1.60. The van der Waals surface area contributed by atoms with Gasteiger partial charge in [0.2, 0.25) is 5.79 Å². The molecule has 4 nitrogen and oxygen atoms in total. The van der Waals surface area contributed by atoms with Gasteiger partial charge in [-0.25, -0.2) is 0 Å². The molecule has 0 aromatic carbocycles. The topological polar surface area (TPSA) is 44.2 Å². The first-order valence-electron chi connectivity index (χ1n) is 3.52. The Morgan fingerprint density at radius 2 is 2.08 bits per heavy atom. The van der Waals surface area contributed by atoms with Crippen LogP contribution in [0.5, 0.6) is 0 Å². The van der Waals surface area contributed by atoms with Crippen molar-refractivity contribution in [2.45, 2.75) is 12.7 Å². The predicted octanol–water partition coefficient (Wildman–Crippen LogP) is 0.742. The number of methoxy groups -OCH3 is 2. The Labute approximate surface area is 71.6 Å². The second kappa shape index (κ2) is 3.60. The Bertz CT molecular complexity index is 234. The molecule has 1 rings (SSSR count). The molecule has 0 unspecified atom stereocenters. The van der Waals surface area contributed by atoms with Gasteiger partial charge < -0.3 is 9.47 Å². The third-order valence-electron chi connectivity index (χ3n) is 1.77. The van der Waals surface area contributed by atoms with Crippen LogP contribution in [0.25, 0.3) is 0 Å². The molecular weight excluding hydrogens is 156 g/mol. The summed E-state index contributed by atoms with van der Waals surface area (Å²) in [6.07, 6.45) is 5.62. The largest absolute Gasteiger partial charge is 0.348 e. The lowest BCUT2D eigenvalue weighted by molar-refractivity contribution is -0.204. The Morgan fingerprint density at radius 1 is 1.42 bits per heavy atom. The van der Waals surface area contributed by atoms with E-state index in [2.05, 4.69) is 16.2 Å². The molecule has 12 heavy (non-hydrogen) atoms. The Kier molecular flexibility index (Phi) is 2.73. The molecular formula is C8H11N2O2. The molecule has 0 bridgehead atoms. The van der Waals surface area contributed by atoms with Gasteiger partial charge in [-0.1, -0.05) is 0 Å². The van der Waals surface area contributed by atoms with Crippen LogP contribution in [-0.2, 0) is 15.3 Å². The van der Waals surface area contributed by atoms with Crippen LogP contribution in [0, 0.1) is 6.20 Å². The van der Waals surface area contributed by atoms with Gasteiger partial charge in [0.25, 0.3) is 0 Å². The fraction of sp³-hybridized carbons (Fsp3) is 0.500. The summed E-state index contributed by atoms with van der Waals surface area (Å²) in [6, 6.07) is 0. The molecule has 0 amide bonds. The van der Waals surface area contributed by atoms with Gasteiger partial charge >= 0.3 is 0 Å². The molecule has 0 atom stereocenters. The highest BCUT2D eigenvalue weighted by Gasteiger charge is 2.27. The van der Waals surface area contributed by atoms with Gasteiger partial charge in [-0.2, -0.15) is 0 Å². The molecule has 0 aliphatic heterocycles. The third-order valence-corrected chi connectivity index (χ3v) is 1.77. The predicted molar refractivity (Wildman–Crippen MR) is 42.2 cm³/mol. The van der Waals surface area contributed by atoms with Gasteiger partial charge in [-0.05, 0) is 6.92 Å². The summed E-state index contributed by atoms with van der Waals surface area (Å²) in [5, 5.41) is 0. The van der Waals surface area contributed by atoms with E-state index in [0.29, 0.717) is 5.69 Å². The molecule has 1 heterocycles. The van der Waals surface area contributed by atoms with Crippen molar-refractivity contribution in [3.05, 3.63) is 24.3 Å². The van der Waals surface area contributed by atoms with E-state index in [9.17, 15) is 0 Å². The first kappa shape index (κ1) is 9.09. The van der Waals surface area contributed by atoms with Crippen molar-refractivity contribution >= 4 is 0 Å². The maximum absolute atomic E-state index is 5.13. The number of rotatable bonds is 3. The summed E-state index contributed by atoms with van der Waals surface area (Å²) in [7, 11) is 3.11. The van der Waals surface area contributed by atoms with E-state index < -0.39 is 5.79 Å². The zero-order valence-electron chi connectivity index (χ0n) is 7.37. The number of ether oxygens (including phenoxy) is 2. The Hall–Kier alpha value is -1.00. The first-order valence-corrected chi connectivity index (χ1v) is 3.52. The van der Waals surface area contributed by atoms with Crippen molar-refractivity contribution in [2.24, 2.45) is 0 Å². The minimum Gasteiger partial charge on any atom is -0.348 e. The molecule has 0 aliphatic carbocycles. The van der Waals surface area contributed by atoms with Crippen LogP contribution in [0.1, 0.15) is 12.6 Å². The van der Waals surface area contributed by atoms with Gasteiger partial charge in [0.05, 0.1) is 12.4 Å². The minimum absolute atomic E-state index is 0.631. The van der Waals surface area contributed by atoms with Crippen LogP contribution in [0.4, 0.5) is 0 Å². The zero-order chi connectivity index (χ0) is 9.03. The number of nitrogens with zero attached hydrogens (tertiary/aromatic N) is 2. The average Bonchev–Trinajstić information content (AvgIpc) is 2.18. The first-order chi connectivity index (χ1) is 5.73. The molecule has 1 aromatic rings. The summed E-state index contributed by atoms with van der Waals surface area (Å²) in [5.41, 5.74) is 0.631. The zero-order valence-corrected chi connectivity index (χ0v) is 7.37. The van der Waals surface area contributed by atoms with Crippen LogP contribution in [0.15, 0.2) is 12.4 Å². The number of hydrogen-bond donors (Lipinski definition) is 0. The standard InChI is InChI=1S/C8H11N2O2/c1-8(11-2,12-3)7-6-9-4-5-10-7/h5-6H,1-3H3. The molecule has 1 aromatic heterocycles. The smallest absolute Gasteiger partial charge is 0.210 e. The fourth-order valence-corrected chi connectivity index (χ4v) is 0.790. The van der Waals surface area contributed by atoms with E-state index in [1.807, 2.05) is 0 Å². The summed E-state index contributed by atoms with van der Waals surface area (Å²) in [6.45, 7) is 1.77. The van der Waals surface area contributed by atoms with Crippen molar-refractivity contribution in [2.75, 3.05) is 14.2 Å². The molecule has 0 spiro atoms. The van der Waals surface area contributed by atoms with Crippen molar-refractivity contribution < 1.29 is 9.47 Å². The molecule has 0 saturated carbocycles. The van der Waals surface area contributed by atoms with Crippen LogP contribution in [0.3, 0.4) is 0 Å². The number of aromatic nitrogens is 2. The van der Waals surface area contributed by atoms with Crippen LogP contribution in [0.2, 0.25) is 0 Å². The lowest BCUT2D eigenvalue weighted by atomic mass is 10.2. The lowest BCUT2D eigenvalue weighted by Crippen LogP contribution is -2.27. The minimum atomic E-state index is -0.817. The van der Waals surface area contributed by atoms with Crippen LogP contribution >= 0.6 is 0 Å². The van der Waals surface area contributed by atoms with E-state index in [4.69, 9.17) is 9.47 Å². The summed E-state index contributed by atoms with van der Waals surface area (Å²) in [5.74, 6) is -0.817. The Morgan fingerprint density at radius 3 is 2.50 bits per heavy atom. The van der Waals surface area contributed by atoms with Gasteiger partial charge in [0, 0.05) is 14.2 Å². The average molecular weight is 167 g/mol. The maximum atomic E-state index is 5.13. The summed E-state index contributed by atoms with van der Waals surface area (Å²) >= 11 is 0. The van der Waals surface area contributed by atoms with Gasteiger partial charge in [-0.3, -0.25) is 9.97 Å². The van der Waals surface area contributed by atoms with E-state index in [0.717, 1.165) is 0 Å². The molecule has 0 N–H and O–H groups in total. The van der Waals surface area contributed by atoms with E-state index in [1.54, 1.807) is 27.3 Å². The van der Waals surface area contributed by atoms with E-state index >= 15 is 0 Å². The molecule has 65 valence electrons. The van der Waals surface area contributed by atoms with Gasteiger partial charge in [0.1, 0.15) is 11.9 Å². The monoisotopic (exact) mass is 167 g/mol. The quantitative estimate of drug-likeness (QED) is 0.623. The van der Waals surface area contributed by atoms with Crippen molar-refractivity contribution in [1.29, 1.82) is 0 Å². The molecule has 0 fully saturated rings. The van der Waals surface area contributed by atoms with Gasteiger partial charge in [0.15, 0.2) is 0 Å². The normalized spacial score (nSPS) is 11.6. The summed E-state index contributed by atoms with van der Waals surface area (Å²) in [4.78, 5) is 7.82. The highest BCUT2D eigenvalue weighted by molar-refractivity contribution is 5.02. The second-order valence-electron chi connectivity index (χ2n) is 2.38. The van der Waals surface area contributed by atoms with Crippen LogP contribution in [-0.4, -0.2) is 24.2 Å². The highest BCUT2D eigenvalue weighted by Crippen LogP contribution is 2.21. The molecule has 0 aliphatic rings. The lowest BCUT2D eigenvalue weighted by Gasteiger charge is -2.24. The van der Waals surface area contributed by atoms with Crippen molar-refractivity contribution in [1.82, 2.24) is 9.97 Å². The summed E-state index contributed by atoms with van der Waals surface area (Å²) < 4.78 is 10.3. The SMILES string of the molecule is COC(C)(OC)c1cn[c]cn1. The number of hydrogen-bond acceptors (Lipinski definition) is 4.